The number of likely N-dealkylation sites (N-methyl/N-ethyl adjacent to an activating group) is 1. The van der Waals surface area contributed by atoms with E-state index in [9.17, 15) is 4.79 Å². The molecular formula is C22H27N3O2S. The molecule has 0 aliphatic carbocycles. The molecule has 0 spiro atoms. The number of thiophene rings is 1. The third-order valence-electron chi connectivity index (χ3n) is 4.85. The van der Waals surface area contributed by atoms with Crippen molar-refractivity contribution in [3.63, 3.8) is 0 Å². The number of carbonyl (C=O) groups excluding carboxylic acids is 1. The molecule has 0 saturated carbocycles. The van der Waals surface area contributed by atoms with Gasteiger partial charge in [0, 0.05) is 24.9 Å². The summed E-state index contributed by atoms with van der Waals surface area (Å²) in [6.45, 7) is 6.81. The number of carbonyl (C=O) groups is 1. The number of amides is 1. The van der Waals surface area contributed by atoms with Crippen molar-refractivity contribution in [2.75, 3.05) is 19.6 Å². The highest BCUT2D eigenvalue weighted by Gasteiger charge is 2.19. The summed E-state index contributed by atoms with van der Waals surface area (Å²) in [5.41, 5.74) is 2.25. The van der Waals surface area contributed by atoms with Crippen molar-refractivity contribution in [2.45, 2.75) is 32.7 Å². The van der Waals surface area contributed by atoms with Crippen LogP contribution in [0.1, 0.15) is 37.8 Å². The molecule has 0 radical (unpaired) electrons. The number of aryl methyl sites for hydroxylation is 1. The molecule has 6 heteroatoms. The standard InChI is InChI=1S/C22H27N3O2S/c1-3-25(4-2)19(18-12-13-28-16-18)14-23-21(26)10-11-22-24-15-20(27-22)17-8-6-5-7-9-17/h5-9,12-13,15-16,19H,3-4,10-11,14H2,1-2H3,(H,23,26). The molecule has 0 fully saturated rings. The van der Waals surface area contributed by atoms with Gasteiger partial charge in [-0.05, 0) is 35.5 Å². The van der Waals surface area contributed by atoms with Gasteiger partial charge >= 0.3 is 0 Å². The molecular weight excluding hydrogens is 370 g/mol. The van der Waals surface area contributed by atoms with Gasteiger partial charge < -0.3 is 9.73 Å². The second-order valence-electron chi connectivity index (χ2n) is 6.58. The van der Waals surface area contributed by atoms with Gasteiger partial charge in [-0.3, -0.25) is 9.69 Å². The second kappa shape index (κ2) is 10.2. The molecule has 1 aromatic carbocycles. The molecule has 3 aromatic rings. The summed E-state index contributed by atoms with van der Waals surface area (Å²) >= 11 is 1.69. The maximum absolute atomic E-state index is 12.4. The monoisotopic (exact) mass is 397 g/mol. The molecule has 1 N–H and O–H groups in total. The zero-order chi connectivity index (χ0) is 19.8. The SMILES string of the molecule is CCN(CC)C(CNC(=O)CCc1ncc(-c2ccccc2)o1)c1ccsc1. The van der Waals surface area contributed by atoms with Crippen LogP contribution in [0.4, 0.5) is 0 Å². The summed E-state index contributed by atoms with van der Waals surface area (Å²) in [6.07, 6.45) is 2.58. The number of benzene rings is 1. The molecule has 0 saturated heterocycles. The van der Waals surface area contributed by atoms with E-state index in [1.807, 2.05) is 30.3 Å². The first kappa shape index (κ1) is 20.3. The van der Waals surface area contributed by atoms with Crippen molar-refractivity contribution in [1.82, 2.24) is 15.2 Å². The van der Waals surface area contributed by atoms with Crippen LogP contribution in [-0.4, -0.2) is 35.4 Å². The molecule has 0 aliphatic rings. The highest BCUT2D eigenvalue weighted by molar-refractivity contribution is 7.07. The second-order valence-corrected chi connectivity index (χ2v) is 7.36. The van der Waals surface area contributed by atoms with Crippen molar-refractivity contribution in [3.8, 4) is 11.3 Å². The summed E-state index contributed by atoms with van der Waals surface area (Å²) in [6, 6.07) is 12.2. The normalized spacial score (nSPS) is 12.2. The number of oxazole rings is 1. The van der Waals surface area contributed by atoms with Crippen LogP contribution in [0.5, 0.6) is 0 Å². The predicted molar refractivity (Wildman–Crippen MR) is 113 cm³/mol. The Bertz CT molecular complexity index is 842. The van der Waals surface area contributed by atoms with Gasteiger partial charge in [-0.2, -0.15) is 11.3 Å². The van der Waals surface area contributed by atoms with Crippen LogP contribution in [0.15, 0.2) is 57.8 Å². The predicted octanol–water partition coefficient (Wildman–Crippen LogP) is 4.54. The Morgan fingerprint density at radius 2 is 2.00 bits per heavy atom. The lowest BCUT2D eigenvalue weighted by Crippen LogP contribution is -2.38. The van der Waals surface area contributed by atoms with E-state index in [-0.39, 0.29) is 11.9 Å². The van der Waals surface area contributed by atoms with Crippen LogP contribution >= 0.6 is 11.3 Å². The van der Waals surface area contributed by atoms with Gasteiger partial charge in [-0.15, -0.1) is 0 Å². The summed E-state index contributed by atoms with van der Waals surface area (Å²) < 4.78 is 5.78. The third-order valence-corrected chi connectivity index (χ3v) is 5.55. The largest absolute Gasteiger partial charge is 0.441 e. The van der Waals surface area contributed by atoms with Gasteiger partial charge in [0.2, 0.25) is 5.91 Å². The van der Waals surface area contributed by atoms with E-state index in [1.54, 1.807) is 17.5 Å². The van der Waals surface area contributed by atoms with E-state index in [1.165, 1.54) is 5.56 Å². The van der Waals surface area contributed by atoms with E-state index >= 15 is 0 Å². The van der Waals surface area contributed by atoms with Crippen LogP contribution in [0.2, 0.25) is 0 Å². The van der Waals surface area contributed by atoms with Gasteiger partial charge in [0.25, 0.3) is 0 Å². The number of aromatic nitrogens is 1. The zero-order valence-electron chi connectivity index (χ0n) is 16.4. The van der Waals surface area contributed by atoms with Crippen molar-refractivity contribution in [2.24, 2.45) is 0 Å². The first-order chi connectivity index (χ1) is 13.7. The lowest BCUT2D eigenvalue weighted by atomic mass is 10.1. The van der Waals surface area contributed by atoms with E-state index < -0.39 is 0 Å². The molecule has 5 nitrogen and oxygen atoms in total. The fraction of sp³-hybridized carbons (Fsp3) is 0.364. The molecule has 28 heavy (non-hydrogen) atoms. The zero-order valence-corrected chi connectivity index (χ0v) is 17.2. The minimum Gasteiger partial charge on any atom is -0.441 e. The molecule has 2 aromatic heterocycles. The molecule has 0 bridgehead atoms. The van der Waals surface area contributed by atoms with E-state index in [2.05, 4.69) is 45.9 Å². The Hall–Kier alpha value is -2.44. The summed E-state index contributed by atoms with van der Waals surface area (Å²) in [4.78, 5) is 19.0. The Balaban J connectivity index is 1.52. The molecule has 1 unspecified atom stereocenters. The number of nitrogens with zero attached hydrogens (tertiary/aromatic N) is 2. The van der Waals surface area contributed by atoms with Crippen LogP contribution in [-0.2, 0) is 11.2 Å². The smallest absolute Gasteiger partial charge is 0.220 e. The molecule has 1 amide bonds. The Kier molecular flexibility index (Phi) is 7.39. The Labute approximate surface area is 170 Å². The molecule has 148 valence electrons. The van der Waals surface area contributed by atoms with E-state index in [4.69, 9.17) is 4.42 Å². The highest BCUT2D eigenvalue weighted by Crippen LogP contribution is 2.23. The number of nitrogens with one attached hydrogen (secondary N) is 1. The van der Waals surface area contributed by atoms with Crippen LogP contribution in [0.3, 0.4) is 0 Å². The maximum atomic E-state index is 12.4. The van der Waals surface area contributed by atoms with Crippen molar-refractivity contribution >= 4 is 17.2 Å². The van der Waals surface area contributed by atoms with Gasteiger partial charge in [0.05, 0.1) is 12.2 Å². The minimum absolute atomic E-state index is 0.0202. The summed E-state index contributed by atoms with van der Waals surface area (Å²) in [5.74, 6) is 1.34. The van der Waals surface area contributed by atoms with E-state index in [0.717, 1.165) is 24.4 Å². The lowest BCUT2D eigenvalue weighted by Gasteiger charge is -2.29. The molecule has 0 aliphatic heterocycles. The fourth-order valence-corrected chi connectivity index (χ4v) is 3.97. The van der Waals surface area contributed by atoms with Crippen LogP contribution in [0, 0.1) is 0 Å². The van der Waals surface area contributed by atoms with Crippen molar-refractivity contribution in [3.05, 3.63) is 64.8 Å². The molecule has 3 rings (SSSR count). The molecule has 1 atom stereocenters. The average Bonchev–Trinajstić information content (AvgIpc) is 3.42. The Morgan fingerprint density at radius 1 is 1.21 bits per heavy atom. The summed E-state index contributed by atoms with van der Waals surface area (Å²) in [7, 11) is 0. The first-order valence-corrected chi connectivity index (χ1v) is 10.7. The third kappa shape index (κ3) is 5.30. The molecule has 2 heterocycles. The number of hydrogen-bond donors (Lipinski definition) is 1. The number of rotatable bonds is 10. The van der Waals surface area contributed by atoms with Gasteiger partial charge in [-0.25, -0.2) is 4.98 Å². The van der Waals surface area contributed by atoms with Gasteiger partial charge in [-0.1, -0.05) is 44.2 Å². The van der Waals surface area contributed by atoms with Crippen LogP contribution in [0.25, 0.3) is 11.3 Å². The topological polar surface area (TPSA) is 58.4 Å². The van der Waals surface area contributed by atoms with Crippen LogP contribution < -0.4 is 5.32 Å². The van der Waals surface area contributed by atoms with Gasteiger partial charge in [0.1, 0.15) is 0 Å². The van der Waals surface area contributed by atoms with Gasteiger partial charge in [0.15, 0.2) is 11.7 Å². The van der Waals surface area contributed by atoms with E-state index in [0.29, 0.717) is 25.3 Å². The quantitative estimate of drug-likeness (QED) is 0.546. The first-order valence-electron chi connectivity index (χ1n) is 9.74. The minimum atomic E-state index is 0.0202. The Morgan fingerprint density at radius 3 is 2.68 bits per heavy atom. The van der Waals surface area contributed by atoms with Crippen molar-refractivity contribution < 1.29 is 9.21 Å². The highest BCUT2D eigenvalue weighted by atomic mass is 32.1. The van der Waals surface area contributed by atoms with Crippen molar-refractivity contribution in [1.29, 1.82) is 0 Å². The summed E-state index contributed by atoms with van der Waals surface area (Å²) in [5, 5.41) is 7.33. The lowest BCUT2D eigenvalue weighted by molar-refractivity contribution is -0.121. The fourth-order valence-electron chi connectivity index (χ4n) is 3.27. The number of hydrogen-bond acceptors (Lipinski definition) is 5. The average molecular weight is 398 g/mol. The maximum Gasteiger partial charge on any atom is 0.220 e.